The Labute approximate surface area is 181 Å². The van der Waals surface area contributed by atoms with E-state index in [0.29, 0.717) is 6.42 Å². The van der Waals surface area contributed by atoms with Gasteiger partial charge in [-0.15, -0.1) is 0 Å². The molecule has 0 unspecified atom stereocenters. The zero-order chi connectivity index (χ0) is 22.0. The molecule has 0 radical (unpaired) electrons. The highest BCUT2D eigenvalue weighted by Crippen LogP contribution is 2.13. The Morgan fingerprint density at radius 2 is 1.24 bits per heavy atom. The van der Waals surface area contributed by atoms with Crippen molar-refractivity contribution in [3.05, 3.63) is 35.9 Å². The van der Waals surface area contributed by atoms with Gasteiger partial charge in [0.2, 0.25) is 0 Å². The summed E-state index contributed by atoms with van der Waals surface area (Å²) in [5, 5.41) is 0. The number of nitrogens with zero attached hydrogens (tertiary/aromatic N) is 1. The standard InChI is InChI=1S/C21H38N.C3H8O3S/c1-4-5-6-7-8-9-10-11-12-16-19-22(2,3)20-21-17-14-13-15-18-21;1-2-3-7(4,5)6/h13-15,17-18H,4-12,16,19-20H2,1-3H3;2-3H2,1H3,(H,4,5,6)/q+1;. The Kier molecular flexibility index (Phi) is 16.3. The van der Waals surface area contributed by atoms with E-state index >= 15 is 0 Å². The molecule has 5 heteroatoms. The molecule has 0 aliphatic heterocycles. The molecular weight excluding hydrogens is 382 g/mol. The second-order valence-electron chi connectivity index (χ2n) is 8.77. The smallest absolute Gasteiger partial charge is 0.264 e. The number of hydrogen-bond acceptors (Lipinski definition) is 2. The largest absolute Gasteiger partial charge is 0.325 e. The summed E-state index contributed by atoms with van der Waals surface area (Å²) in [6.45, 7) is 6.43. The van der Waals surface area contributed by atoms with Gasteiger partial charge in [0, 0.05) is 5.56 Å². The maximum atomic E-state index is 9.79. The fraction of sp³-hybridized carbons (Fsp3) is 0.750. The van der Waals surface area contributed by atoms with Crippen LogP contribution in [0.15, 0.2) is 30.3 Å². The van der Waals surface area contributed by atoms with Gasteiger partial charge >= 0.3 is 0 Å². The summed E-state index contributed by atoms with van der Waals surface area (Å²) >= 11 is 0. The minimum Gasteiger partial charge on any atom is -0.325 e. The maximum Gasteiger partial charge on any atom is 0.264 e. The highest BCUT2D eigenvalue weighted by Gasteiger charge is 2.14. The number of hydrogen-bond donors (Lipinski definition) is 1. The molecule has 0 heterocycles. The van der Waals surface area contributed by atoms with Gasteiger partial charge in [0.05, 0.1) is 26.4 Å². The van der Waals surface area contributed by atoms with Crippen molar-refractivity contribution < 1.29 is 17.5 Å². The van der Waals surface area contributed by atoms with Crippen LogP contribution in [0.2, 0.25) is 0 Å². The maximum absolute atomic E-state index is 9.79. The molecule has 0 aliphatic rings. The van der Waals surface area contributed by atoms with Crippen LogP contribution < -0.4 is 0 Å². The van der Waals surface area contributed by atoms with E-state index in [1.807, 2.05) is 0 Å². The zero-order valence-electron chi connectivity index (χ0n) is 19.4. The topological polar surface area (TPSA) is 54.4 Å². The lowest BCUT2D eigenvalue weighted by Gasteiger charge is -2.30. The average Bonchev–Trinajstić information content (AvgIpc) is 2.63. The van der Waals surface area contributed by atoms with Crippen LogP contribution in [-0.4, -0.2) is 43.8 Å². The van der Waals surface area contributed by atoms with E-state index in [0.717, 1.165) is 11.0 Å². The minimum absolute atomic E-state index is 0.132. The lowest BCUT2D eigenvalue weighted by molar-refractivity contribution is -0.903. The number of rotatable bonds is 15. The minimum atomic E-state index is -3.67. The van der Waals surface area contributed by atoms with Gasteiger partial charge < -0.3 is 4.48 Å². The van der Waals surface area contributed by atoms with Gasteiger partial charge in [-0.1, -0.05) is 95.5 Å². The second kappa shape index (κ2) is 16.8. The third kappa shape index (κ3) is 20.2. The van der Waals surface area contributed by atoms with Gasteiger partial charge in [-0.25, -0.2) is 0 Å². The van der Waals surface area contributed by atoms with Crippen molar-refractivity contribution in [1.82, 2.24) is 0 Å². The first-order chi connectivity index (χ1) is 13.7. The number of quaternary nitrogens is 1. The molecule has 29 heavy (non-hydrogen) atoms. The highest BCUT2D eigenvalue weighted by molar-refractivity contribution is 7.85. The summed E-state index contributed by atoms with van der Waals surface area (Å²) in [6.07, 6.45) is 14.7. The summed E-state index contributed by atoms with van der Waals surface area (Å²) in [6, 6.07) is 10.9. The van der Waals surface area contributed by atoms with Crippen LogP contribution in [-0.2, 0) is 16.7 Å². The van der Waals surface area contributed by atoms with Crippen LogP contribution >= 0.6 is 0 Å². The second-order valence-corrected chi connectivity index (χ2v) is 10.3. The SMILES string of the molecule is CCCCCCCCCCCC[N+](C)(C)Cc1ccccc1.CCCS(=O)(=O)O. The summed E-state index contributed by atoms with van der Waals surface area (Å²) in [5.74, 6) is -0.132. The molecule has 1 aromatic carbocycles. The van der Waals surface area contributed by atoms with Gasteiger partial charge in [0.1, 0.15) is 6.54 Å². The normalized spacial score (nSPS) is 11.8. The van der Waals surface area contributed by atoms with E-state index in [1.54, 1.807) is 6.92 Å². The molecule has 1 rings (SSSR count). The molecule has 0 saturated heterocycles. The van der Waals surface area contributed by atoms with E-state index in [-0.39, 0.29) is 5.75 Å². The Bertz CT molecular complexity index is 585. The molecule has 170 valence electrons. The van der Waals surface area contributed by atoms with Gasteiger partial charge in [-0.05, 0) is 19.3 Å². The average molecular weight is 429 g/mol. The Morgan fingerprint density at radius 3 is 1.66 bits per heavy atom. The van der Waals surface area contributed by atoms with Crippen LogP contribution in [0.25, 0.3) is 0 Å². The van der Waals surface area contributed by atoms with E-state index in [4.69, 9.17) is 4.55 Å². The Balaban J connectivity index is 0.000000956. The van der Waals surface area contributed by atoms with E-state index in [2.05, 4.69) is 51.4 Å². The predicted octanol–water partition coefficient (Wildman–Crippen LogP) is 6.47. The summed E-state index contributed by atoms with van der Waals surface area (Å²) < 4.78 is 28.7. The lowest BCUT2D eigenvalue weighted by atomic mass is 10.1. The first kappa shape index (κ1) is 28.1. The third-order valence-corrected chi connectivity index (χ3v) is 5.96. The van der Waals surface area contributed by atoms with Crippen molar-refractivity contribution >= 4 is 10.1 Å². The molecule has 1 aromatic rings. The number of benzene rings is 1. The van der Waals surface area contributed by atoms with E-state index in [1.165, 1.54) is 76.3 Å². The third-order valence-electron chi connectivity index (χ3n) is 5.03. The van der Waals surface area contributed by atoms with Crippen LogP contribution in [0.1, 0.15) is 90.0 Å². The Morgan fingerprint density at radius 1 is 0.759 bits per heavy atom. The molecule has 0 aromatic heterocycles. The highest BCUT2D eigenvalue weighted by atomic mass is 32.2. The van der Waals surface area contributed by atoms with Crippen LogP contribution in [0.3, 0.4) is 0 Å². The van der Waals surface area contributed by atoms with Gasteiger partial charge in [0.25, 0.3) is 10.1 Å². The van der Waals surface area contributed by atoms with Crippen LogP contribution in [0.4, 0.5) is 0 Å². The van der Waals surface area contributed by atoms with Crippen molar-refractivity contribution in [3.8, 4) is 0 Å². The van der Waals surface area contributed by atoms with Crippen LogP contribution in [0.5, 0.6) is 0 Å². The molecule has 0 bridgehead atoms. The summed E-state index contributed by atoms with van der Waals surface area (Å²) in [5.41, 5.74) is 1.46. The van der Waals surface area contributed by atoms with Crippen molar-refractivity contribution in [3.63, 3.8) is 0 Å². The predicted molar refractivity (Wildman–Crippen MR) is 126 cm³/mol. The van der Waals surface area contributed by atoms with Crippen molar-refractivity contribution in [2.24, 2.45) is 0 Å². The molecule has 4 nitrogen and oxygen atoms in total. The molecule has 0 spiro atoms. The molecule has 0 atom stereocenters. The molecule has 0 aliphatic carbocycles. The van der Waals surface area contributed by atoms with Gasteiger partial charge in [-0.3, -0.25) is 4.55 Å². The first-order valence-corrected chi connectivity index (χ1v) is 13.1. The zero-order valence-corrected chi connectivity index (χ0v) is 20.2. The molecule has 1 N–H and O–H groups in total. The summed E-state index contributed by atoms with van der Waals surface area (Å²) in [4.78, 5) is 0. The van der Waals surface area contributed by atoms with Crippen molar-refractivity contribution in [1.29, 1.82) is 0 Å². The quantitative estimate of drug-likeness (QED) is 0.198. The molecule has 0 amide bonds. The first-order valence-electron chi connectivity index (χ1n) is 11.5. The van der Waals surface area contributed by atoms with Crippen molar-refractivity contribution in [2.45, 2.75) is 91.0 Å². The van der Waals surface area contributed by atoms with E-state index in [9.17, 15) is 8.42 Å². The van der Waals surface area contributed by atoms with E-state index < -0.39 is 10.1 Å². The van der Waals surface area contributed by atoms with Crippen molar-refractivity contribution in [2.75, 3.05) is 26.4 Å². The molecular formula is C24H46NO3S+. The fourth-order valence-electron chi connectivity index (χ4n) is 3.44. The molecule has 0 fully saturated rings. The van der Waals surface area contributed by atoms with Gasteiger partial charge in [-0.2, -0.15) is 8.42 Å². The van der Waals surface area contributed by atoms with Crippen LogP contribution in [0, 0.1) is 0 Å². The fourth-order valence-corrected chi connectivity index (χ4v) is 3.96. The molecule has 0 saturated carbocycles. The Hall–Kier alpha value is -0.910. The summed E-state index contributed by atoms with van der Waals surface area (Å²) in [7, 11) is 1.05. The lowest BCUT2D eigenvalue weighted by Crippen LogP contribution is -2.39. The number of unbranched alkanes of at least 4 members (excludes halogenated alkanes) is 9. The van der Waals surface area contributed by atoms with Gasteiger partial charge in [0.15, 0.2) is 0 Å². The monoisotopic (exact) mass is 428 g/mol.